The summed E-state index contributed by atoms with van der Waals surface area (Å²) in [6.45, 7) is 2.06. The van der Waals surface area contributed by atoms with Crippen LogP contribution in [0.4, 0.5) is 0 Å². The molecule has 0 unspecified atom stereocenters. The van der Waals surface area contributed by atoms with Gasteiger partial charge in [0, 0.05) is 10.9 Å². The molecule has 4 nitrogen and oxygen atoms in total. The molecule has 2 aromatic rings. The van der Waals surface area contributed by atoms with Crippen LogP contribution in [0.2, 0.25) is 5.02 Å². The van der Waals surface area contributed by atoms with Gasteiger partial charge in [0.2, 0.25) is 5.89 Å². The van der Waals surface area contributed by atoms with Crippen molar-refractivity contribution < 1.29 is 4.52 Å². The Kier molecular flexibility index (Phi) is 3.80. The van der Waals surface area contributed by atoms with Gasteiger partial charge in [0.25, 0.3) is 0 Å². The van der Waals surface area contributed by atoms with Crippen LogP contribution in [0.3, 0.4) is 0 Å². The van der Waals surface area contributed by atoms with Crippen molar-refractivity contribution in [3.63, 3.8) is 0 Å². The van der Waals surface area contributed by atoms with E-state index in [0.29, 0.717) is 18.2 Å². The lowest BCUT2D eigenvalue weighted by Crippen LogP contribution is -2.27. The van der Waals surface area contributed by atoms with E-state index in [-0.39, 0.29) is 0 Å². The minimum Gasteiger partial charge on any atom is -0.339 e. The maximum atomic E-state index is 5.96. The van der Waals surface area contributed by atoms with E-state index in [9.17, 15) is 0 Å². The van der Waals surface area contributed by atoms with E-state index in [0.717, 1.165) is 42.3 Å². The minimum atomic E-state index is 0.429. The molecule has 1 N–H and O–H groups in total. The first-order valence-corrected chi connectivity index (χ1v) is 6.97. The molecule has 1 aromatic carbocycles. The first kappa shape index (κ1) is 12.6. The van der Waals surface area contributed by atoms with Gasteiger partial charge in [0.15, 0.2) is 5.82 Å². The highest BCUT2D eigenvalue weighted by Crippen LogP contribution is 2.23. The Morgan fingerprint density at radius 3 is 2.95 bits per heavy atom. The topological polar surface area (TPSA) is 51.0 Å². The largest absolute Gasteiger partial charge is 0.339 e. The van der Waals surface area contributed by atoms with Crippen LogP contribution in [0.5, 0.6) is 0 Å². The Labute approximate surface area is 117 Å². The molecule has 100 valence electrons. The Morgan fingerprint density at radius 2 is 2.16 bits per heavy atom. The van der Waals surface area contributed by atoms with Crippen molar-refractivity contribution in [2.75, 3.05) is 13.1 Å². The van der Waals surface area contributed by atoms with E-state index >= 15 is 0 Å². The van der Waals surface area contributed by atoms with Gasteiger partial charge in [-0.25, -0.2) is 0 Å². The molecule has 0 spiro atoms. The third-order valence-corrected chi connectivity index (χ3v) is 3.67. The van der Waals surface area contributed by atoms with E-state index in [1.54, 1.807) is 0 Å². The highest BCUT2D eigenvalue weighted by Gasteiger charge is 2.20. The second kappa shape index (κ2) is 5.72. The lowest BCUT2D eigenvalue weighted by atomic mass is 9.98. The van der Waals surface area contributed by atoms with Crippen molar-refractivity contribution in [1.29, 1.82) is 0 Å². The fourth-order valence-electron chi connectivity index (χ4n) is 2.41. The van der Waals surface area contributed by atoms with Crippen molar-refractivity contribution in [2.45, 2.75) is 25.2 Å². The Bertz CT molecular complexity index is 549. The quantitative estimate of drug-likeness (QED) is 0.937. The van der Waals surface area contributed by atoms with Gasteiger partial charge in [-0.3, -0.25) is 0 Å². The van der Waals surface area contributed by atoms with Gasteiger partial charge >= 0.3 is 0 Å². The maximum absolute atomic E-state index is 5.96. The lowest BCUT2D eigenvalue weighted by molar-refractivity contribution is 0.365. The monoisotopic (exact) mass is 277 g/mol. The second-order valence-corrected chi connectivity index (χ2v) is 5.31. The van der Waals surface area contributed by atoms with Gasteiger partial charge in [0.05, 0.1) is 6.42 Å². The number of rotatable bonds is 3. The zero-order valence-corrected chi connectivity index (χ0v) is 11.4. The van der Waals surface area contributed by atoms with E-state index in [1.165, 1.54) is 0 Å². The summed E-state index contributed by atoms with van der Waals surface area (Å²) in [6.07, 6.45) is 2.80. The van der Waals surface area contributed by atoms with E-state index in [4.69, 9.17) is 16.1 Å². The molecule has 0 radical (unpaired) electrons. The van der Waals surface area contributed by atoms with Crippen molar-refractivity contribution in [3.8, 4) is 0 Å². The first-order valence-electron chi connectivity index (χ1n) is 6.59. The third-order valence-electron chi connectivity index (χ3n) is 3.43. The highest BCUT2D eigenvalue weighted by atomic mass is 35.5. The lowest BCUT2D eigenvalue weighted by Gasteiger charge is -2.18. The van der Waals surface area contributed by atoms with Crippen molar-refractivity contribution in [3.05, 3.63) is 46.6 Å². The number of nitrogens with one attached hydrogen (secondary N) is 1. The number of piperidine rings is 1. The van der Waals surface area contributed by atoms with Crippen molar-refractivity contribution >= 4 is 11.6 Å². The van der Waals surface area contributed by atoms with Crippen LogP contribution in [0.25, 0.3) is 0 Å². The van der Waals surface area contributed by atoms with Crippen LogP contribution < -0.4 is 5.32 Å². The first-order chi connectivity index (χ1) is 9.31. The summed E-state index contributed by atoms with van der Waals surface area (Å²) in [5.74, 6) is 1.94. The molecule has 5 heteroatoms. The normalized spacial score (nSPS) is 16.7. The summed E-state index contributed by atoms with van der Waals surface area (Å²) in [4.78, 5) is 4.51. The predicted octanol–water partition coefficient (Wildman–Crippen LogP) is 2.78. The third kappa shape index (κ3) is 3.14. The number of hydrogen-bond donors (Lipinski definition) is 1. The number of nitrogens with zero attached hydrogens (tertiary/aromatic N) is 2. The zero-order valence-electron chi connectivity index (χ0n) is 10.6. The molecule has 1 aliphatic heterocycles. The summed E-state index contributed by atoms with van der Waals surface area (Å²) in [6, 6.07) is 7.73. The smallest absolute Gasteiger partial charge is 0.231 e. The molecule has 1 saturated heterocycles. The fraction of sp³-hybridized carbons (Fsp3) is 0.429. The summed E-state index contributed by atoms with van der Waals surface area (Å²) < 4.78 is 5.34. The number of aromatic nitrogens is 2. The van der Waals surface area contributed by atoms with Gasteiger partial charge in [-0.15, -0.1) is 0 Å². The van der Waals surface area contributed by atoms with Gasteiger partial charge in [-0.2, -0.15) is 4.98 Å². The molecule has 2 heterocycles. The summed E-state index contributed by atoms with van der Waals surface area (Å²) in [5, 5.41) is 8.18. The molecular weight excluding hydrogens is 262 g/mol. The van der Waals surface area contributed by atoms with Crippen LogP contribution in [-0.2, 0) is 6.42 Å². The van der Waals surface area contributed by atoms with Crippen LogP contribution >= 0.6 is 11.6 Å². The Balaban J connectivity index is 1.70. The van der Waals surface area contributed by atoms with E-state index in [1.807, 2.05) is 24.3 Å². The molecular formula is C14H16ClN3O. The van der Waals surface area contributed by atoms with Crippen molar-refractivity contribution in [1.82, 2.24) is 15.5 Å². The molecule has 19 heavy (non-hydrogen) atoms. The SMILES string of the molecule is Clc1cccc(Cc2nc(C3CCNCC3)no2)c1. The predicted molar refractivity (Wildman–Crippen MR) is 73.4 cm³/mol. The molecule has 0 saturated carbocycles. The fourth-order valence-corrected chi connectivity index (χ4v) is 2.62. The average Bonchev–Trinajstić information content (AvgIpc) is 2.88. The van der Waals surface area contributed by atoms with Gasteiger partial charge < -0.3 is 9.84 Å². The number of halogens is 1. The molecule has 1 aliphatic rings. The van der Waals surface area contributed by atoms with Crippen LogP contribution in [-0.4, -0.2) is 23.2 Å². The second-order valence-electron chi connectivity index (χ2n) is 4.88. The van der Waals surface area contributed by atoms with Crippen LogP contribution in [0, 0.1) is 0 Å². The molecule has 1 aromatic heterocycles. The zero-order chi connectivity index (χ0) is 13.1. The van der Waals surface area contributed by atoms with Gasteiger partial charge in [0.1, 0.15) is 0 Å². The summed E-state index contributed by atoms with van der Waals surface area (Å²) in [7, 11) is 0. The van der Waals surface area contributed by atoms with Crippen molar-refractivity contribution in [2.24, 2.45) is 0 Å². The minimum absolute atomic E-state index is 0.429. The maximum Gasteiger partial charge on any atom is 0.231 e. The molecule has 3 rings (SSSR count). The van der Waals surface area contributed by atoms with E-state index in [2.05, 4.69) is 15.5 Å². The molecule has 1 fully saturated rings. The van der Waals surface area contributed by atoms with Crippen LogP contribution in [0.15, 0.2) is 28.8 Å². The molecule has 0 atom stereocenters. The average molecular weight is 278 g/mol. The molecule has 0 bridgehead atoms. The van der Waals surface area contributed by atoms with Gasteiger partial charge in [-0.1, -0.05) is 28.9 Å². The number of benzene rings is 1. The molecule has 0 amide bonds. The highest BCUT2D eigenvalue weighted by molar-refractivity contribution is 6.30. The van der Waals surface area contributed by atoms with E-state index < -0.39 is 0 Å². The molecule has 0 aliphatic carbocycles. The summed E-state index contributed by atoms with van der Waals surface area (Å²) >= 11 is 5.96. The summed E-state index contributed by atoms with van der Waals surface area (Å²) in [5.41, 5.74) is 1.09. The van der Waals surface area contributed by atoms with Gasteiger partial charge in [-0.05, 0) is 43.6 Å². The Morgan fingerprint density at radius 1 is 1.32 bits per heavy atom. The standard InChI is InChI=1S/C14H16ClN3O/c15-12-3-1-2-10(8-12)9-13-17-14(18-19-13)11-4-6-16-7-5-11/h1-3,8,11,16H,4-7,9H2. The van der Waals surface area contributed by atoms with Crippen LogP contribution in [0.1, 0.15) is 36.0 Å². The Hall–Kier alpha value is -1.39. The number of hydrogen-bond acceptors (Lipinski definition) is 4.